The van der Waals surface area contributed by atoms with Gasteiger partial charge in [0.1, 0.15) is 0 Å². The smallest absolute Gasteiger partial charge is 0.283 e. The highest BCUT2D eigenvalue weighted by atomic mass is 16.2. The first-order chi connectivity index (χ1) is 7.24. The van der Waals surface area contributed by atoms with E-state index in [9.17, 15) is 9.59 Å². The van der Waals surface area contributed by atoms with Crippen molar-refractivity contribution < 1.29 is 14.7 Å². The van der Waals surface area contributed by atoms with Crippen molar-refractivity contribution in [2.45, 2.75) is 37.8 Å². The fourth-order valence-electron chi connectivity index (χ4n) is 1.54. The number of nitriles is 1. The number of aliphatic hydroxyl groups is 1. The number of nitrogens with zero attached hydrogens (tertiary/aromatic N) is 3. The Labute approximate surface area is 87.0 Å². The lowest BCUT2D eigenvalue weighted by molar-refractivity contribution is 0.309. The molecule has 1 aliphatic rings. The number of hydrogen-bond donors (Lipinski definition) is 1. The zero-order valence-electron chi connectivity index (χ0n) is 8.14. The predicted molar refractivity (Wildman–Crippen MR) is 49.6 cm³/mol. The summed E-state index contributed by atoms with van der Waals surface area (Å²) in [5, 5.41) is 13.8. The van der Waals surface area contributed by atoms with Crippen molar-refractivity contribution in [3.05, 3.63) is 0 Å². The number of rotatable bonds is 2. The molecule has 6 nitrogen and oxygen atoms in total. The molecule has 0 saturated heterocycles. The van der Waals surface area contributed by atoms with Gasteiger partial charge < -0.3 is 5.11 Å². The van der Waals surface area contributed by atoms with Crippen molar-refractivity contribution in [3.63, 3.8) is 0 Å². The summed E-state index contributed by atoms with van der Waals surface area (Å²) in [6.07, 6.45) is 8.03. The molecule has 0 unspecified atom stereocenters. The van der Waals surface area contributed by atoms with Gasteiger partial charge in [-0.2, -0.15) is 15.2 Å². The molecule has 80 valence electrons. The van der Waals surface area contributed by atoms with Crippen molar-refractivity contribution in [2.24, 2.45) is 9.98 Å². The van der Waals surface area contributed by atoms with Gasteiger partial charge in [0.15, 0.2) is 5.66 Å². The lowest BCUT2D eigenvalue weighted by atomic mass is 9.90. The van der Waals surface area contributed by atoms with E-state index in [0.29, 0.717) is 12.8 Å². The Hall–Kier alpha value is -1.95. The number of aliphatic imine (C=N–C) groups is 2. The Kier molecular flexibility index (Phi) is 6.48. The Bertz CT molecular complexity index is 296. The molecule has 1 fully saturated rings. The van der Waals surface area contributed by atoms with Gasteiger partial charge in [0, 0.05) is 0 Å². The van der Waals surface area contributed by atoms with Crippen molar-refractivity contribution >= 4 is 12.2 Å². The van der Waals surface area contributed by atoms with Crippen molar-refractivity contribution in [2.75, 3.05) is 0 Å². The molecule has 0 atom stereocenters. The van der Waals surface area contributed by atoms with E-state index in [2.05, 4.69) is 9.98 Å². The molecule has 0 aromatic heterocycles. The fourth-order valence-corrected chi connectivity index (χ4v) is 1.54. The zero-order valence-corrected chi connectivity index (χ0v) is 8.14. The normalized spacial score (nSPS) is 16.7. The number of isocyanates is 2. The summed E-state index contributed by atoms with van der Waals surface area (Å²) >= 11 is 0. The van der Waals surface area contributed by atoms with Gasteiger partial charge in [-0.3, -0.25) is 0 Å². The third-order valence-corrected chi connectivity index (χ3v) is 2.16. The molecule has 0 radical (unpaired) electrons. The lowest BCUT2D eigenvalue weighted by Crippen LogP contribution is -2.26. The van der Waals surface area contributed by atoms with Crippen LogP contribution in [0.15, 0.2) is 9.98 Å². The summed E-state index contributed by atoms with van der Waals surface area (Å²) in [5.41, 5.74) is -0.818. The molecule has 0 spiro atoms. The van der Waals surface area contributed by atoms with Gasteiger partial charge in [-0.05, 0) is 25.7 Å². The molecule has 0 aromatic carbocycles. The summed E-state index contributed by atoms with van der Waals surface area (Å²) in [6.45, 7) is 0. The van der Waals surface area contributed by atoms with Crippen molar-refractivity contribution in [3.8, 4) is 6.26 Å². The quantitative estimate of drug-likeness (QED) is 0.418. The maximum absolute atomic E-state index is 10.1. The van der Waals surface area contributed by atoms with Gasteiger partial charge in [0.05, 0.1) is 0 Å². The van der Waals surface area contributed by atoms with Gasteiger partial charge in [0.25, 0.3) is 6.26 Å². The minimum atomic E-state index is -0.818. The average molecular weight is 209 g/mol. The van der Waals surface area contributed by atoms with Gasteiger partial charge in [0.2, 0.25) is 12.2 Å². The van der Waals surface area contributed by atoms with E-state index < -0.39 is 5.66 Å². The Balaban J connectivity index is 0.000000583. The summed E-state index contributed by atoms with van der Waals surface area (Å²) in [5.74, 6) is 0. The van der Waals surface area contributed by atoms with Crippen LogP contribution in [0.3, 0.4) is 0 Å². The topological polar surface area (TPSA) is 103 Å². The molecule has 1 saturated carbocycles. The van der Waals surface area contributed by atoms with Crippen LogP contribution in [0.1, 0.15) is 32.1 Å². The van der Waals surface area contributed by atoms with Crippen LogP contribution >= 0.6 is 0 Å². The summed E-state index contributed by atoms with van der Waals surface area (Å²) < 4.78 is 0. The highest BCUT2D eigenvalue weighted by Crippen LogP contribution is 2.31. The number of carbonyl (C=O) groups excluding carboxylic acids is 2. The van der Waals surface area contributed by atoms with E-state index >= 15 is 0 Å². The van der Waals surface area contributed by atoms with E-state index in [1.165, 1.54) is 12.2 Å². The van der Waals surface area contributed by atoms with Gasteiger partial charge >= 0.3 is 0 Å². The molecule has 1 aliphatic carbocycles. The SMILES string of the molecule is N#CO.O=C=NC1(N=C=O)CCCCC1. The summed E-state index contributed by atoms with van der Waals surface area (Å²) in [6, 6.07) is 0. The standard InChI is InChI=1S/C8H10N2O2.CHNO/c11-6-9-8(10-7-12)4-2-1-3-5-8;2-1-3/h1-5H2;3H. The maximum atomic E-state index is 10.1. The van der Waals surface area contributed by atoms with Crippen LogP contribution < -0.4 is 0 Å². The maximum Gasteiger partial charge on any atom is 0.283 e. The first kappa shape index (κ1) is 13.1. The third kappa shape index (κ3) is 4.72. The number of aliphatic hydroxyl groups excluding tert-OH is 1. The van der Waals surface area contributed by atoms with Crippen LogP contribution in [-0.2, 0) is 9.59 Å². The number of hydrogen-bond acceptors (Lipinski definition) is 6. The summed E-state index contributed by atoms with van der Waals surface area (Å²) in [7, 11) is 0. The van der Waals surface area contributed by atoms with Crippen LogP contribution in [0.2, 0.25) is 0 Å². The zero-order chi connectivity index (χ0) is 11.6. The second kappa shape index (κ2) is 7.45. The fraction of sp³-hybridized carbons (Fsp3) is 0.667. The summed E-state index contributed by atoms with van der Waals surface area (Å²) in [4.78, 5) is 27.3. The van der Waals surface area contributed by atoms with E-state index in [4.69, 9.17) is 10.4 Å². The largest absolute Gasteiger partial charge is 0.443 e. The predicted octanol–water partition coefficient (Wildman–Crippen LogP) is 1.16. The molecular weight excluding hydrogens is 198 g/mol. The second-order valence-corrected chi connectivity index (χ2v) is 3.05. The lowest BCUT2D eigenvalue weighted by Gasteiger charge is -2.25. The first-order valence-electron chi connectivity index (χ1n) is 4.46. The molecule has 0 aromatic rings. The molecule has 6 heteroatoms. The van der Waals surface area contributed by atoms with Crippen molar-refractivity contribution in [1.82, 2.24) is 0 Å². The molecule has 0 heterocycles. The van der Waals surface area contributed by atoms with E-state index in [0.717, 1.165) is 25.5 Å². The molecule has 1 N–H and O–H groups in total. The Morgan fingerprint density at radius 2 is 1.47 bits per heavy atom. The average Bonchev–Trinajstić information content (AvgIpc) is 2.21. The Morgan fingerprint density at radius 3 is 1.80 bits per heavy atom. The molecule has 0 bridgehead atoms. The molecular formula is C9H11N3O3. The molecule has 15 heavy (non-hydrogen) atoms. The van der Waals surface area contributed by atoms with E-state index in [1.54, 1.807) is 0 Å². The molecule has 0 aliphatic heterocycles. The van der Waals surface area contributed by atoms with Crippen LogP contribution in [0.5, 0.6) is 0 Å². The molecule has 1 rings (SSSR count). The monoisotopic (exact) mass is 209 g/mol. The minimum absolute atomic E-state index is 0.664. The van der Waals surface area contributed by atoms with Crippen LogP contribution in [-0.4, -0.2) is 22.9 Å². The third-order valence-electron chi connectivity index (χ3n) is 2.16. The van der Waals surface area contributed by atoms with E-state index in [1.807, 2.05) is 0 Å². The van der Waals surface area contributed by atoms with Gasteiger partial charge in [-0.25, -0.2) is 9.59 Å². The van der Waals surface area contributed by atoms with Gasteiger partial charge in [-0.1, -0.05) is 6.42 Å². The highest BCUT2D eigenvalue weighted by molar-refractivity contribution is 5.39. The van der Waals surface area contributed by atoms with Gasteiger partial charge in [-0.15, -0.1) is 0 Å². The Morgan fingerprint density at radius 1 is 1.07 bits per heavy atom. The highest BCUT2D eigenvalue weighted by Gasteiger charge is 2.31. The van der Waals surface area contributed by atoms with Crippen LogP contribution in [0.25, 0.3) is 0 Å². The van der Waals surface area contributed by atoms with E-state index in [-0.39, 0.29) is 0 Å². The minimum Gasteiger partial charge on any atom is -0.443 e. The second-order valence-electron chi connectivity index (χ2n) is 3.05. The molecule has 0 amide bonds. The van der Waals surface area contributed by atoms with Crippen LogP contribution in [0.4, 0.5) is 0 Å². The first-order valence-corrected chi connectivity index (χ1v) is 4.46. The van der Waals surface area contributed by atoms with Crippen LogP contribution in [0, 0.1) is 11.5 Å². The van der Waals surface area contributed by atoms with Crippen molar-refractivity contribution in [1.29, 1.82) is 5.26 Å².